The normalized spacial score (nSPS) is 11.3. The molecule has 0 aliphatic rings. The molecule has 0 unspecified atom stereocenters. The molecule has 0 fully saturated rings. The van der Waals surface area contributed by atoms with Gasteiger partial charge in [0.15, 0.2) is 11.5 Å². The highest BCUT2D eigenvalue weighted by Gasteiger charge is 2.14. The lowest BCUT2D eigenvalue weighted by molar-refractivity contribution is 0.0955. The molecule has 0 atom stereocenters. The second kappa shape index (κ2) is 8.58. The molecule has 2 rings (SSSR count). The van der Waals surface area contributed by atoms with Crippen molar-refractivity contribution in [2.24, 2.45) is 5.10 Å². The number of carbonyl (C=O) groups is 1. The third kappa shape index (κ3) is 5.00. The zero-order valence-corrected chi connectivity index (χ0v) is 16.6. The monoisotopic (exact) mass is 370 g/mol. The quantitative estimate of drug-likeness (QED) is 0.621. The van der Waals surface area contributed by atoms with Crippen LogP contribution < -0.4 is 19.6 Å². The van der Waals surface area contributed by atoms with Gasteiger partial charge in [0.05, 0.1) is 27.5 Å². The topological polar surface area (TPSA) is 69.2 Å². The molecular weight excluding hydrogens is 344 g/mol. The summed E-state index contributed by atoms with van der Waals surface area (Å²) in [6, 6.07) is 10.9. The first kappa shape index (κ1) is 20.3. The van der Waals surface area contributed by atoms with Gasteiger partial charge in [-0.05, 0) is 29.2 Å². The van der Waals surface area contributed by atoms with Crippen molar-refractivity contribution in [2.75, 3.05) is 21.3 Å². The average Bonchev–Trinajstić information content (AvgIpc) is 2.66. The summed E-state index contributed by atoms with van der Waals surface area (Å²) in [5.74, 6) is 1.37. The Morgan fingerprint density at radius 1 is 0.926 bits per heavy atom. The SMILES string of the molecule is COc1cc(OC)c(OC)cc1/C=N/NC(=O)c1ccc(C(C)(C)C)cc1. The van der Waals surface area contributed by atoms with Crippen LogP contribution in [-0.4, -0.2) is 33.5 Å². The fourth-order valence-corrected chi connectivity index (χ4v) is 2.50. The molecule has 0 saturated heterocycles. The predicted octanol–water partition coefficient (Wildman–Crippen LogP) is 3.77. The van der Waals surface area contributed by atoms with Crippen LogP contribution in [0.1, 0.15) is 42.3 Å². The molecule has 0 aliphatic carbocycles. The summed E-state index contributed by atoms with van der Waals surface area (Å²) >= 11 is 0. The van der Waals surface area contributed by atoms with E-state index in [2.05, 4.69) is 31.3 Å². The number of benzene rings is 2. The molecular formula is C21H26N2O4. The summed E-state index contributed by atoms with van der Waals surface area (Å²) in [5, 5.41) is 4.03. The van der Waals surface area contributed by atoms with E-state index in [1.165, 1.54) is 6.21 Å². The lowest BCUT2D eigenvalue weighted by Crippen LogP contribution is -2.18. The van der Waals surface area contributed by atoms with E-state index in [0.717, 1.165) is 5.56 Å². The maximum absolute atomic E-state index is 12.3. The highest BCUT2D eigenvalue weighted by molar-refractivity contribution is 5.95. The van der Waals surface area contributed by atoms with Crippen molar-refractivity contribution in [3.05, 3.63) is 53.1 Å². The molecule has 144 valence electrons. The van der Waals surface area contributed by atoms with E-state index in [0.29, 0.717) is 28.4 Å². The molecule has 2 aromatic carbocycles. The van der Waals surface area contributed by atoms with E-state index < -0.39 is 0 Å². The third-order valence-electron chi connectivity index (χ3n) is 4.12. The van der Waals surface area contributed by atoms with Crippen LogP contribution in [0, 0.1) is 0 Å². The van der Waals surface area contributed by atoms with Gasteiger partial charge in [-0.3, -0.25) is 4.79 Å². The van der Waals surface area contributed by atoms with Gasteiger partial charge in [0.2, 0.25) is 0 Å². The van der Waals surface area contributed by atoms with Gasteiger partial charge in [0, 0.05) is 17.2 Å². The Hall–Kier alpha value is -3.02. The van der Waals surface area contributed by atoms with Crippen molar-refractivity contribution in [2.45, 2.75) is 26.2 Å². The van der Waals surface area contributed by atoms with Gasteiger partial charge in [0.25, 0.3) is 5.91 Å². The highest BCUT2D eigenvalue weighted by atomic mass is 16.5. The van der Waals surface area contributed by atoms with Crippen LogP contribution in [0.4, 0.5) is 0 Å². The Labute approximate surface area is 160 Å². The van der Waals surface area contributed by atoms with E-state index >= 15 is 0 Å². The van der Waals surface area contributed by atoms with E-state index in [1.807, 2.05) is 12.1 Å². The number of hydrazone groups is 1. The van der Waals surface area contributed by atoms with E-state index in [-0.39, 0.29) is 11.3 Å². The zero-order chi connectivity index (χ0) is 20.0. The Kier molecular flexibility index (Phi) is 6.45. The summed E-state index contributed by atoms with van der Waals surface area (Å²) < 4.78 is 15.9. The van der Waals surface area contributed by atoms with E-state index in [4.69, 9.17) is 14.2 Å². The first-order valence-electron chi connectivity index (χ1n) is 8.54. The van der Waals surface area contributed by atoms with Crippen LogP contribution in [0.2, 0.25) is 0 Å². The van der Waals surface area contributed by atoms with Crippen molar-refractivity contribution < 1.29 is 19.0 Å². The number of rotatable bonds is 6. The maximum atomic E-state index is 12.3. The molecule has 2 aromatic rings. The van der Waals surface area contributed by atoms with Crippen LogP contribution in [0.3, 0.4) is 0 Å². The Morgan fingerprint density at radius 3 is 2.00 bits per heavy atom. The Morgan fingerprint density at radius 2 is 1.48 bits per heavy atom. The summed E-state index contributed by atoms with van der Waals surface area (Å²) in [6.07, 6.45) is 1.50. The predicted molar refractivity (Wildman–Crippen MR) is 106 cm³/mol. The fraction of sp³-hybridized carbons (Fsp3) is 0.333. The summed E-state index contributed by atoms with van der Waals surface area (Å²) in [6.45, 7) is 6.38. The molecule has 6 nitrogen and oxygen atoms in total. The third-order valence-corrected chi connectivity index (χ3v) is 4.12. The minimum atomic E-state index is -0.286. The minimum absolute atomic E-state index is 0.0388. The van der Waals surface area contributed by atoms with E-state index in [1.54, 1.807) is 45.6 Å². The van der Waals surface area contributed by atoms with Gasteiger partial charge in [-0.25, -0.2) is 5.43 Å². The maximum Gasteiger partial charge on any atom is 0.271 e. The minimum Gasteiger partial charge on any atom is -0.496 e. The second-order valence-electron chi connectivity index (χ2n) is 6.98. The van der Waals surface area contributed by atoms with Gasteiger partial charge < -0.3 is 14.2 Å². The number of ether oxygens (including phenoxy) is 3. The number of nitrogens with zero attached hydrogens (tertiary/aromatic N) is 1. The van der Waals surface area contributed by atoms with Crippen molar-refractivity contribution in [1.82, 2.24) is 5.43 Å². The van der Waals surface area contributed by atoms with Crippen LogP contribution >= 0.6 is 0 Å². The number of hydrogen-bond donors (Lipinski definition) is 1. The average molecular weight is 370 g/mol. The van der Waals surface area contributed by atoms with Crippen LogP contribution in [0.15, 0.2) is 41.5 Å². The second-order valence-corrected chi connectivity index (χ2v) is 6.98. The Bertz CT molecular complexity index is 821. The van der Waals surface area contributed by atoms with Crippen molar-refractivity contribution in [3.8, 4) is 17.2 Å². The molecule has 0 aromatic heterocycles. The summed E-state index contributed by atoms with van der Waals surface area (Å²) in [4.78, 5) is 12.3. The number of carbonyl (C=O) groups excluding carboxylic acids is 1. The van der Waals surface area contributed by atoms with Crippen LogP contribution in [0.5, 0.6) is 17.2 Å². The highest BCUT2D eigenvalue weighted by Crippen LogP contribution is 2.33. The van der Waals surface area contributed by atoms with Gasteiger partial charge >= 0.3 is 0 Å². The van der Waals surface area contributed by atoms with Crippen molar-refractivity contribution in [3.63, 3.8) is 0 Å². The molecule has 0 bridgehead atoms. The summed E-state index contributed by atoms with van der Waals surface area (Å²) in [5.41, 5.74) is 4.92. The lowest BCUT2D eigenvalue weighted by Gasteiger charge is -2.18. The van der Waals surface area contributed by atoms with Crippen molar-refractivity contribution in [1.29, 1.82) is 0 Å². The first-order chi connectivity index (χ1) is 12.8. The van der Waals surface area contributed by atoms with E-state index in [9.17, 15) is 4.79 Å². The molecule has 1 amide bonds. The largest absolute Gasteiger partial charge is 0.496 e. The van der Waals surface area contributed by atoms with Crippen LogP contribution in [0.25, 0.3) is 0 Å². The van der Waals surface area contributed by atoms with Gasteiger partial charge in [-0.15, -0.1) is 0 Å². The van der Waals surface area contributed by atoms with Crippen molar-refractivity contribution >= 4 is 12.1 Å². The van der Waals surface area contributed by atoms with Gasteiger partial charge in [0.1, 0.15) is 5.75 Å². The molecule has 27 heavy (non-hydrogen) atoms. The van der Waals surface area contributed by atoms with Crippen LogP contribution in [-0.2, 0) is 5.41 Å². The molecule has 0 aliphatic heterocycles. The molecule has 0 radical (unpaired) electrons. The van der Waals surface area contributed by atoms with Gasteiger partial charge in [-0.2, -0.15) is 5.10 Å². The molecule has 1 N–H and O–H groups in total. The number of nitrogens with one attached hydrogen (secondary N) is 1. The molecule has 0 spiro atoms. The number of methoxy groups -OCH3 is 3. The first-order valence-corrected chi connectivity index (χ1v) is 8.54. The summed E-state index contributed by atoms with van der Waals surface area (Å²) in [7, 11) is 4.65. The number of hydrogen-bond acceptors (Lipinski definition) is 5. The number of amides is 1. The zero-order valence-electron chi connectivity index (χ0n) is 16.6. The molecule has 0 heterocycles. The Balaban J connectivity index is 2.14. The molecule has 6 heteroatoms. The fourth-order valence-electron chi connectivity index (χ4n) is 2.50. The smallest absolute Gasteiger partial charge is 0.271 e. The molecule has 0 saturated carbocycles. The van der Waals surface area contributed by atoms with Gasteiger partial charge in [-0.1, -0.05) is 32.9 Å². The lowest BCUT2D eigenvalue weighted by atomic mass is 9.87. The standard InChI is InChI=1S/C21H26N2O4/c1-21(2,3)16-9-7-14(8-10-16)20(24)23-22-13-15-11-18(26-5)19(27-6)12-17(15)25-4/h7-13H,1-6H3,(H,23,24)/b22-13+.